The zero-order valence-electron chi connectivity index (χ0n) is 10.7. The number of benzene rings is 1. The predicted octanol–water partition coefficient (Wildman–Crippen LogP) is 2.40. The molecular formula is C13H21BNP. The lowest BCUT2D eigenvalue weighted by atomic mass is 9.77. The molecule has 0 aromatic heterocycles. The highest BCUT2D eigenvalue weighted by molar-refractivity contribution is 7.21. The molecule has 0 amide bonds. The summed E-state index contributed by atoms with van der Waals surface area (Å²) >= 11 is 0. The third-order valence-corrected chi connectivity index (χ3v) is 3.27. The van der Waals surface area contributed by atoms with Gasteiger partial charge in [-0.15, -0.1) is 9.24 Å². The zero-order chi connectivity index (χ0) is 12.4. The van der Waals surface area contributed by atoms with Crippen molar-refractivity contribution in [3.63, 3.8) is 0 Å². The lowest BCUT2D eigenvalue weighted by Gasteiger charge is -2.28. The molecule has 0 fully saturated rings. The first-order chi connectivity index (χ1) is 7.27. The third kappa shape index (κ3) is 3.33. The highest BCUT2D eigenvalue weighted by atomic mass is 31.0. The summed E-state index contributed by atoms with van der Waals surface area (Å²) in [6.07, 6.45) is 0. The molecule has 1 rings (SSSR count). The largest absolute Gasteiger partial charge is 0.319 e. The zero-order valence-corrected chi connectivity index (χ0v) is 11.8. The van der Waals surface area contributed by atoms with Crippen LogP contribution in [0.3, 0.4) is 0 Å². The first-order valence-electron chi connectivity index (χ1n) is 5.61. The molecule has 0 bridgehead atoms. The Labute approximate surface area is 103 Å². The molecule has 16 heavy (non-hydrogen) atoms. The van der Waals surface area contributed by atoms with Gasteiger partial charge >= 0.3 is 0 Å². The van der Waals surface area contributed by atoms with E-state index in [0.29, 0.717) is 0 Å². The van der Waals surface area contributed by atoms with E-state index in [4.69, 9.17) is 7.85 Å². The number of rotatable bonds is 3. The van der Waals surface area contributed by atoms with Gasteiger partial charge in [0.25, 0.3) is 0 Å². The Morgan fingerprint density at radius 3 is 2.31 bits per heavy atom. The molecule has 0 heterocycles. The maximum Gasteiger partial charge on any atom is 0.0885 e. The van der Waals surface area contributed by atoms with Gasteiger partial charge in [-0.25, -0.2) is 0 Å². The smallest absolute Gasteiger partial charge is 0.0885 e. The van der Waals surface area contributed by atoms with E-state index in [2.05, 4.69) is 59.6 Å². The molecule has 1 N–H and O–H groups in total. The van der Waals surface area contributed by atoms with Crippen LogP contribution in [0.1, 0.15) is 31.9 Å². The van der Waals surface area contributed by atoms with Gasteiger partial charge in [0.05, 0.1) is 7.85 Å². The van der Waals surface area contributed by atoms with E-state index in [-0.39, 0.29) is 5.41 Å². The Morgan fingerprint density at radius 1 is 1.25 bits per heavy atom. The third-order valence-electron chi connectivity index (χ3n) is 2.74. The monoisotopic (exact) mass is 233 g/mol. The van der Waals surface area contributed by atoms with Crippen LogP contribution in [0, 0.1) is 0 Å². The maximum atomic E-state index is 6.26. The van der Waals surface area contributed by atoms with Crippen molar-refractivity contribution in [1.29, 1.82) is 0 Å². The van der Waals surface area contributed by atoms with Crippen molar-refractivity contribution in [3.8, 4) is 0 Å². The van der Waals surface area contributed by atoms with E-state index in [1.54, 1.807) is 0 Å². The van der Waals surface area contributed by atoms with E-state index < -0.39 is 5.06 Å². The Bertz CT molecular complexity index is 355. The van der Waals surface area contributed by atoms with E-state index in [0.717, 1.165) is 12.1 Å². The van der Waals surface area contributed by atoms with Crippen molar-refractivity contribution in [3.05, 3.63) is 35.4 Å². The second-order valence-electron chi connectivity index (χ2n) is 5.40. The average molecular weight is 233 g/mol. The van der Waals surface area contributed by atoms with Crippen LogP contribution in [0.25, 0.3) is 0 Å². The summed E-state index contributed by atoms with van der Waals surface area (Å²) in [7, 11) is 10.9. The molecule has 0 saturated heterocycles. The molecule has 3 heteroatoms. The molecule has 0 saturated carbocycles. The summed E-state index contributed by atoms with van der Waals surface area (Å²) in [5.41, 5.74) is 2.63. The van der Waals surface area contributed by atoms with Crippen LogP contribution < -0.4 is 5.32 Å². The van der Waals surface area contributed by atoms with Crippen molar-refractivity contribution >= 4 is 17.1 Å². The minimum Gasteiger partial charge on any atom is -0.319 e. The second-order valence-corrected chi connectivity index (χ2v) is 6.43. The molecule has 0 aliphatic heterocycles. The van der Waals surface area contributed by atoms with Gasteiger partial charge in [0.1, 0.15) is 0 Å². The van der Waals surface area contributed by atoms with Crippen molar-refractivity contribution in [2.45, 2.75) is 31.2 Å². The van der Waals surface area contributed by atoms with Crippen molar-refractivity contribution in [2.24, 2.45) is 0 Å². The van der Waals surface area contributed by atoms with Crippen LogP contribution in [-0.4, -0.2) is 21.4 Å². The van der Waals surface area contributed by atoms with E-state index in [9.17, 15) is 0 Å². The van der Waals surface area contributed by atoms with Crippen LogP contribution in [0.5, 0.6) is 0 Å². The minimum atomic E-state index is -0.393. The fourth-order valence-corrected chi connectivity index (χ4v) is 2.05. The molecule has 1 nitrogen and oxygen atoms in total. The van der Waals surface area contributed by atoms with Gasteiger partial charge in [0, 0.05) is 0 Å². The number of likely N-dealkylation sites (N-methyl/N-ethyl adjacent to an activating group) is 1. The lowest BCUT2D eigenvalue weighted by molar-refractivity contribution is 0.588. The Morgan fingerprint density at radius 2 is 1.81 bits per heavy atom. The maximum absolute atomic E-state index is 6.26. The summed E-state index contributed by atoms with van der Waals surface area (Å²) in [4.78, 5) is 0. The molecular weight excluding hydrogens is 212 g/mol. The minimum absolute atomic E-state index is 0.163. The SMILES string of the molecule is [B]C(P)(CNC)c1cccc(C(C)(C)C)c1. The van der Waals surface area contributed by atoms with Crippen molar-refractivity contribution in [1.82, 2.24) is 5.32 Å². The topological polar surface area (TPSA) is 12.0 Å². The number of nitrogens with one attached hydrogen (secondary N) is 1. The molecule has 2 atom stereocenters. The predicted molar refractivity (Wildman–Crippen MR) is 76.2 cm³/mol. The van der Waals surface area contributed by atoms with Crippen LogP contribution in [0.4, 0.5) is 0 Å². The van der Waals surface area contributed by atoms with E-state index >= 15 is 0 Å². The molecule has 2 unspecified atom stereocenters. The van der Waals surface area contributed by atoms with Gasteiger partial charge < -0.3 is 5.32 Å². The van der Waals surface area contributed by atoms with Crippen LogP contribution in [-0.2, 0) is 10.5 Å². The van der Waals surface area contributed by atoms with Gasteiger partial charge in [-0.05, 0) is 35.2 Å². The Balaban J connectivity index is 3.08. The lowest BCUT2D eigenvalue weighted by Crippen LogP contribution is -2.31. The first kappa shape index (κ1) is 13.7. The van der Waals surface area contributed by atoms with Gasteiger partial charge in [0.15, 0.2) is 0 Å². The van der Waals surface area contributed by atoms with Crippen LogP contribution in [0.15, 0.2) is 24.3 Å². The molecule has 0 aliphatic carbocycles. The van der Waals surface area contributed by atoms with Gasteiger partial charge in [-0.1, -0.05) is 45.0 Å². The van der Waals surface area contributed by atoms with Gasteiger partial charge in [0.2, 0.25) is 0 Å². The number of hydrogen-bond acceptors (Lipinski definition) is 1. The van der Waals surface area contributed by atoms with Crippen LogP contribution in [0.2, 0.25) is 0 Å². The molecule has 86 valence electrons. The summed E-state index contributed by atoms with van der Waals surface area (Å²) in [6.45, 7) is 7.38. The highest BCUT2D eigenvalue weighted by Gasteiger charge is 2.21. The van der Waals surface area contributed by atoms with Crippen LogP contribution >= 0.6 is 9.24 Å². The quantitative estimate of drug-likeness (QED) is 0.624. The summed E-state index contributed by atoms with van der Waals surface area (Å²) in [5.74, 6) is 0. The van der Waals surface area contributed by atoms with Gasteiger partial charge in [-0.3, -0.25) is 0 Å². The Hall–Kier alpha value is -0.325. The highest BCUT2D eigenvalue weighted by Crippen LogP contribution is 2.31. The molecule has 0 spiro atoms. The average Bonchev–Trinajstić information content (AvgIpc) is 2.16. The van der Waals surface area contributed by atoms with Crippen molar-refractivity contribution < 1.29 is 0 Å². The summed E-state index contributed by atoms with van der Waals surface area (Å²) < 4.78 is 0. The van der Waals surface area contributed by atoms with E-state index in [1.165, 1.54) is 5.56 Å². The summed E-state index contributed by atoms with van der Waals surface area (Å²) in [6, 6.07) is 8.52. The molecule has 2 radical (unpaired) electrons. The molecule has 1 aromatic rings. The molecule has 0 aliphatic rings. The normalized spacial score (nSPS) is 15.8. The summed E-state index contributed by atoms with van der Waals surface area (Å²) in [5, 5.41) is 2.73. The first-order valence-corrected chi connectivity index (χ1v) is 6.18. The standard InChI is InChI=1S/C13H21BNP/c1-12(2,3)10-6-5-7-11(8-10)13(14,16)9-15-4/h5-8,15H,9,16H2,1-4H3. The second kappa shape index (κ2) is 4.90. The number of hydrogen-bond donors (Lipinski definition) is 1. The Kier molecular flexibility index (Phi) is 4.20. The van der Waals surface area contributed by atoms with Gasteiger partial charge in [-0.2, -0.15) is 0 Å². The molecule has 1 aromatic carbocycles. The fourth-order valence-electron chi connectivity index (χ4n) is 1.67. The van der Waals surface area contributed by atoms with E-state index in [1.807, 2.05) is 7.05 Å². The fraction of sp³-hybridized carbons (Fsp3) is 0.538. The van der Waals surface area contributed by atoms with Crippen molar-refractivity contribution in [2.75, 3.05) is 13.6 Å².